The highest BCUT2D eigenvalue weighted by molar-refractivity contribution is 5.99. The molecule has 190 valence electrons. The Morgan fingerprint density at radius 2 is 1.89 bits per heavy atom. The molecule has 0 N–H and O–H groups in total. The summed E-state index contributed by atoms with van der Waals surface area (Å²) in [6.45, 7) is 8.79. The van der Waals surface area contributed by atoms with E-state index >= 15 is 0 Å². The van der Waals surface area contributed by atoms with Crippen LogP contribution in [0.2, 0.25) is 0 Å². The molecule has 0 saturated heterocycles. The number of hydrogen-bond acceptors (Lipinski definition) is 6. The summed E-state index contributed by atoms with van der Waals surface area (Å²) in [6, 6.07) is 12.4. The molecule has 3 heterocycles. The van der Waals surface area contributed by atoms with Crippen LogP contribution in [-0.2, 0) is 6.54 Å². The van der Waals surface area contributed by atoms with Gasteiger partial charge >= 0.3 is 0 Å². The van der Waals surface area contributed by atoms with Crippen LogP contribution in [-0.4, -0.2) is 29.5 Å². The van der Waals surface area contributed by atoms with Crippen molar-refractivity contribution in [2.45, 2.75) is 40.3 Å². The minimum absolute atomic E-state index is 0.0810. The fourth-order valence-electron chi connectivity index (χ4n) is 4.90. The van der Waals surface area contributed by atoms with Crippen molar-refractivity contribution in [2.24, 2.45) is 5.92 Å². The normalized spacial score (nSPS) is 14.9. The van der Waals surface area contributed by atoms with Crippen molar-refractivity contribution in [1.82, 2.24) is 9.88 Å². The second-order valence-corrected chi connectivity index (χ2v) is 9.94. The Bertz CT molecular complexity index is 1540. The number of nitrogens with zero attached hydrogens (tertiary/aromatic N) is 2. The predicted molar refractivity (Wildman–Crippen MR) is 141 cm³/mol. The van der Waals surface area contributed by atoms with E-state index in [0.717, 1.165) is 22.3 Å². The van der Waals surface area contributed by atoms with Crippen molar-refractivity contribution in [3.05, 3.63) is 98.7 Å². The van der Waals surface area contributed by atoms with Gasteiger partial charge in [0.15, 0.2) is 16.9 Å². The van der Waals surface area contributed by atoms with Gasteiger partial charge in [0.05, 0.1) is 30.7 Å². The number of aromatic nitrogens is 1. The molecule has 7 nitrogen and oxygen atoms in total. The van der Waals surface area contributed by atoms with E-state index in [-0.39, 0.29) is 23.6 Å². The number of carbonyl (C=O) groups is 1. The molecule has 2 aromatic heterocycles. The van der Waals surface area contributed by atoms with Crippen LogP contribution in [0.5, 0.6) is 11.5 Å². The molecule has 0 spiro atoms. The smallest absolute Gasteiger partial charge is 0.291 e. The number of aryl methyl sites for hydroxylation is 2. The van der Waals surface area contributed by atoms with Crippen molar-refractivity contribution >= 4 is 16.9 Å². The van der Waals surface area contributed by atoms with E-state index in [1.165, 1.54) is 0 Å². The Labute approximate surface area is 215 Å². The summed E-state index contributed by atoms with van der Waals surface area (Å²) < 4.78 is 17.8. The summed E-state index contributed by atoms with van der Waals surface area (Å²) in [4.78, 5) is 33.6. The third kappa shape index (κ3) is 4.46. The zero-order valence-corrected chi connectivity index (χ0v) is 21.7. The number of amides is 1. The van der Waals surface area contributed by atoms with Gasteiger partial charge < -0.3 is 18.8 Å². The number of fused-ring (bicyclic) bond motifs is 2. The van der Waals surface area contributed by atoms with Crippen LogP contribution in [0.3, 0.4) is 0 Å². The first-order valence-electron chi connectivity index (χ1n) is 12.4. The number of benzene rings is 2. The number of pyridine rings is 1. The molecule has 1 unspecified atom stereocenters. The molecule has 0 fully saturated rings. The molecule has 1 aliphatic rings. The molecule has 1 aliphatic heterocycles. The standard InChI is InChI=1S/C30H30N2O5/c1-17(2)16-36-23-9-8-21(13-24(23)35-5)26-25-27(33)22-12-18(3)11-19(4)28(22)37-29(25)30(34)32(26)15-20-7-6-10-31-14-20/h6-14,17,26H,15-16H2,1-5H3. The Morgan fingerprint density at radius 3 is 2.59 bits per heavy atom. The molecule has 0 radical (unpaired) electrons. The fourth-order valence-corrected chi connectivity index (χ4v) is 4.90. The Kier molecular flexibility index (Phi) is 6.46. The van der Waals surface area contributed by atoms with Crippen LogP contribution in [0.25, 0.3) is 11.0 Å². The summed E-state index contributed by atoms with van der Waals surface area (Å²) in [6.07, 6.45) is 3.40. The summed E-state index contributed by atoms with van der Waals surface area (Å²) in [7, 11) is 1.58. The van der Waals surface area contributed by atoms with Crippen LogP contribution in [0.1, 0.15) is 58.3 Å². The molecule has 1 amide bonds. The number of hydrogen-bond donors (Lipinski definition) is 0. The first-order valence-corrected chi connectivity index (χ1v) is 12.4. The SMILES string of the molecule is COc1cc(C2c3c(oc4c(C)cc(C)cc4c3=O)C(=O)N2Cc2cccnc2)ccc1OCC(C)C. The summed E-state index contributed by atoms with van der Waals surface area (Å²) in [5.74, 6) is 1.25. The van der Waals surface area contributed by atoms with Crippen molar-refractivity contribution in [1.29, 1.82) is 0 Å². The van der Waals surface area contributed by atoms with Gasteiger partial charge in [-0.05, 0) is 66.3 Å². The molecule has 37 heavy (non-hydrogen) atoms. The van der Waals surface area contributed by atoms with Crippen molar-refractivity contribution in [3.8, 4) is 11.5 Å². The molecular formula is C30H30N2O5. The molecule has 0 saturated carbocycles. The molecule has 7 heteroatoms. The highest BCUT2D eigenvalue weighted by Gasteiger charge is 2.43. The van der Waals surface area contributed by atoms with Gasteiger partial charge in [-0.3, -0.25) is 14.6 Å². The first-order chi connectivity index (χ1) is 17.8. The zero-order chi connectivity index (χ0) is 26.3. The van der Waals surface area contributed by atoms with Gasteiger partial charge in [0.1, 0.15) is 5.58 Å². The van der Waals surface area contributed by atoms with E-state index < -0.39 is 6.04 Å². The maximum atomic E-state index is 13.9. The van der Waals surface area contributed by atoms with Gasteiger partial charge in [-0.2, -0.15) is 0 Å². The third-order valence-corrected chi connectivity index (χ3v) is 6.55. The maximum absolute atomic E-state index is 13.9. The van der Waals surface area contributed by atoms with Crippen LogP contribution in [0.4, 0.5) is 0 Å². The van der Waals surface area contributed by atoms with E-state index in [1.807, 2.05) is 56.3 Å². The highest BCUT2D eigenvalue weighted by atomic mass is 16.5. The second kappa shape index (κ2) is 9.73. The fraction of sp³-hybridized carbons (Fsp3) is 0.300. The van der Waals surface area contributed by atoms with Crippen LogP contribution in [0.15, 0.2) is 64.1 Å². The largest absolute Gasteiger partial charge is 0.493 e. The maximum Gasteiger partial charge on any atom is 0.291 e. The number of ether oxygens (including phenoxy) is 2. The minimum Gasteiger partial charge on any atom is -0.493 e. The lowest BCUT2D eigenvalue weighted by molar-refractivity contribution is 0.0714. The summed E-state index contributed by atoms with van der Waals surface area (Å²) in [5, 5.41) is 0.473. The molecule has 0 bridgehead atoms. The lowest BCUT2D eigenvalue weighted by Gasteiger charge is -2.26. The van der Waals surface area contributed by atoms with Gasteiger partial charge in [-0.1, -0.05) is 32.0 Å². The number of carbonyl (C=O) groups excluding carboxylic acids is 1. The highest BCUT2D eigenvalue weighted by Crippen LogP contribution is 2.42. The topological polar surface area (TPSA) is 81.9 Å². The summed E-state index contributed by atoms with van der Waals surface area (Å²) in [5.41, 5.74) is 3.94. The average Bonchev–Trinajstić information content (AvgIpc) is 3.15. The third-order valence-electron chi connectivity index (χ3n) is 6.55. The van der Waals surface area contributed by atoms with Gasteiger partial charge in [-0.25, -0.2) is 0 Å². The van der Waals surface area contributed by atoms with Crippen LogP contribution in [0, 0.1) is 19.8 Å². The van der Waals surface area contributed by atoms with Gasteiger partial charge in [0.2, 0.25) is 5.76 Å². The first kappa shape index (κ1) is 24.6. The number of rotatable bonds is 7. The Morgan fingerprint density at radius 1 is 1.08 bits per heavy atom. The number of methoxy groups -OCH3 is 1. The monoisotopic (exact) mass is 498 g/mol. The zero-order valence-electron chi connectivity index (χ0n) is 21.7. The molecule has 5 rings (SSSR count). The van der Waals surface area contributed by atoms with Gasteiger partial charge in [-0.15, -0.1) is 0 Å². The van der Waals surface area contributed by atoms with E-state index in [9.17, 15) is 9.59 Å². The molecule has 0 aliphatic carbocycles. The quantitative estimate of drug-likeness (QED) is 0.330. The molecule has 1 atom stereocenters. The van der Waals surface area contributed by atoms with Crippen molar-refractivity contribution < 1.29 is 18.7 Å². The van der Waals surface area contributed by atoms with E-state index in [1.54, 1.807) is 24.4 Å². The van der Waals surface area contributed by atoms with Gasteiger partial charge in [0.25, 0.3) is 5.91 Å². The Balaban J connectivity index is 1.70. The molecular weight excluding hydrogens is 468 g/mol. The predicted octanol–water partition coefficient (Wildman–Crippen LogP) is 5.59. The lowest BCUT2D eigenvalue weighted by atomic mass is 9.97. The van der Waals surface area contributed by atoms with Crippen molar-refractivity contribution in [2.75, 3.05) is 13.7 Å². The van der Waals surface area contributed by atoms with E-state index in [4.69, 9.17) is 13.9 Å². The van der Waals surface area contributed by atoms with E-state index in [0.29, 0.717) is 40.6 Å². The minimum atomic E-state index is -0.655. The lowest BCUT2D eigenvalue weighted by Crippen LogP contribution is -2.29. The van der Waals surface area contributed by atoms with E-state index in [2.05, 4.69) is 18.8 Å². The van der Waals surface area contributed by atoms with Crippen LogP contribution < -0.4 is 14.9 Å². The molecule has 4 aromatic rings. The second-order valence-electron chi connectivity index (χ2n) is 9.94. The summed E-state index contributed by atoms with van der Waals surface area (Å²) >= 11 is 0. The average molecular weight is 499 g/mol. The van der Waals surface area contributed by atoms with Crippen LogP contribution >= 0.6 is 0 Å². The molecule has 2 aromatic carbocycles. The van der Waals surface area contributed by atoms with Gasteiger partial charge in [0, 0.05) is 18.9 Å². The van der Waals surface area contributed by atoms with Crippen molar-refractivity contribution in [3.63, 3.8) is 0 Å². The Hall–Kier alpha value is -4.13.